The number of para-hydroxylation sites is 1. The normalized spacial score (nSPS) is 15.8. The molecule has 0 unspecified atom stereocenters. The molecule has 0 saturated carbocycles. The van der Waals surface area contributed by atoms with Crippen LogP contribution >= 0.6 is 0 Å². The van der Waals surface area contributed by atoms with Crippen molar-refractivity contribution in [2.75, 3.05) is 19.9 Å². The van der Waals surface area contributed by atoms with Gasteiger partial charge < -0.3 is 14.3 Å². The second-order valence-electron chi connectivity index (χ2n) is 7.80. The zero-order chi connectivity index (χ0) is 22.8. The first kappa shape index (κ1) is 21.1. The van der Waals surface area contributed by atoms with Crippen molar-refractivity contribution in [3.63, 3.8) is 0 Å². The highest BCUT2D eigenvalue weighted by atomic mass is 19.1. The maximum Gasteiger partial charge on any atom is 0.312 e. The molecule has 5 rings (SSSR count). The van der Waals surface area contributed by atoms with Crippen molar-refractivity contribution in [2.45, 2.75) is 31.2 Å². The van der Waals surface area contributed by atoms with Crippen LogP contribution in [0.4, 0.5) is 8.78 Å². The van der Waals surface area contributed by atoms with Gasteiger partial charge in [0.25, 0.3) is 0 Å². The lowest BCUT2D eigenvalue weighted by Crippen LogP contribution is -2.41. The summed E-state index contributed by atoms with van der Waals surface area (Å²) in [5, 5.41) is 8.65. The van der Waals surface area contributed by atoms with E-state index in [4.69, 9.17) is 4.42 Å². The topological polar surface area (TPSA) is 114 Å². The SMILES string of the molecule is O=C(c1nnc(C(CCF)CCF)o1)N1CCc2[nH]cnc2[C@H]1c1ncc2ccccc2n1. The Kier molecular flexibility index (Phi) is 5.76. The van der Waals surface area contributed by atoms with Crippen molar-refractivity contribution >= 4 is 16.8 Å². The summed E-state index contributed by atoms with van der Waals surface area (Å²) in [7, 11) is 0. The van der Waals surface area contributed by atoms with Crippen LogP contribution in [-0.2, 0) is 6.42 Å². The molecular weight excluding hydrogens is 432 g/mol. The Morgan fingerprint density at radius 3 is 2.82 bits per heavy atom. The highest BCUT2D eigenvalue weighted by molar-refractivity contribution is 5.90. The first-order chi connectivity index (χ1) is 16.2. The van der Waals surface area contributed by atoms with E-state index in [1.54, 1.807) is 17.4 Å². The molecule has 0 aliphatic carbocycles. The molecule has 4 heterocycles. The predicted molar refractivity (Wildman–Crippen MR) is 113 cm³/mol. The number of alkyl halides is 2. The number of nitrogens with zero attached hydrogens (tertiary/aromatic N) is 6. The molecule has 1 aromatic carbocycles. The number of hydrogen-bond acceptors (Lipinski definition) is 7. The Bertz CT molecular complexity index is 1270. The van der Waals surface area contributed by atoms with Gasteiger partial charge in [-0.2, -0.15) is 0 Å². The monoisotopic (exact) mass is 453 g/mol. The van der Waals surface area contributed by atoms with Gasteiger partial charge in [-0.05, 0) is 18.9 Å². The van der Waals surface area contributed by atoms with E-state index in [-0.39, 0.29) is 24.6 Å². The molecule has 0 spiro atoms. The van der Waals surface area contributed by atoms with Gasteiger partial charge in [0.1, 0.15) is 6.04 Å². The fraction of sp³-hybridized carbons (Fsp3) is 0.364. The average molecular weight is 453 g/mol. The van der Waals surface area contributed by atoms with E-state index in [9.17, 15) is 13.6 Å². The first-order valence-corrected chi connectivity index (χ1v) is 10.7. The van der Waals surface area contributed by atoms with Gasteiger partial charge in [-0.15, -0.1) is 10.2 Å². The van der Waals surface area contributed by atoms with Crippen LogP contribution in [0, 0.1) is 0 Å². The first-order valence-electron chi connectivity index (χ1n) is 10.7. The number of aromatic amines is 1. The lowest BCUT2D eigenvalue weighted by molar-refractivity contribution is 0.0639. The number of aromatic nitrogens is 6. The molecule has 0 bridgehead atoms. The zero-order valence-electron chi connectivity index (χ0n) is 17.6. The van der Waals surface area contributed by atoms with Crippen LogP contribution in [0.3, 0.4) is 0 Å². The number of amides is 1. The largest absolute Gasteiger partial charge is 0.417 e. The van der Waals surface area contributed by atoms with Gasteiger partial charge in [0.2, 0.25) is 5.89 Å². The van der Waals surface area contributed by atoms with E-state index < -0.39 is 31.2 Å². The Balaban J connectivity index is 1.50. The maximum atomic E-state index is 13.4. The highest BCUT2D eigenvalue weighted by Gasteiger charge is 2.38. The Morgan fingerprint density at radius 1 is 1.18 bits per heavy atom. The quantitative estimate of drug-likeness (QED) is 0.457. The second-order valence-corrected chi connectivity index (χ2v) is 7.80. The molecular formula is C22H21F2N7O2. The van der Waals surface area contributed by atoms with Gasteiger partial charge in [-0.3, -0.25) is 13.6 Å². The van der Waals surface area contributed by atoms with Gasteiger partial charge in [0.15, 0.2) is 5.82 Å². The standard InChI is InChI=1S/C22H21F2N7O2/c23-8-5-13(6-9-24)20-29-30-21(33-20)22(32)31-10-7-16-17(27-12-26-16)18(31)19-25-11-14-3-1-2-4-15(14)28-19/h1-4,11-13,18H,5-10H2,(H,26,27)/t18-/m0/s1. The third-order valence-electron chi connectivity index (χ3n) is 5.83. The summed E-state index contributed by atoms with van der Waals surface area (Å²) in [6, 6.07) is 6.92. The van der Waals surface area contributed by atoms with Crippen molar-refractivity contribution in [2.24, 2.45) is 0 Å². The molecule has 0 fully saturated rings. The van der Waals surface area contributed by atoms with Crippen LogP contribution in [0.1, 0.15) is 58.6 Å². The maximum absolute atomic E-state index is 13.4. The third-order valence-corrected chi connectivity index (χ3v) is 5.83. The van der Waals surface area contributed by atoms with E-state index >= 15 is 0 Å². The molecule has 1 amide bonds. The predicted octanol–water partition coefficient (Wildman–Crippen LogP) is 3.33. The van der Waals surface area contributed by atoms with E-state index in [1.165, 1.54) is 0 Å². The summed E-state index contributed by atoms with van der Waals surface area (Å²) >= 11 is 0. The minimum atomic E-state index is -0.653. The van der Waals surface area contributed by atoms with Gasteiger partial charge in [0, 0.05) is 36.2 Å². The number of halogens is 2. The molecule has 0 saturated heterocycles. The Morgan fingerprint density at radius 2 is 2.00 bits per heavy atom. The molecule has 1 atom stereocenters. The summed E-state index contributed by atoms with van der Waals surface area (Å²) in [5.41, 5.74) is 2.30. The van der Waals surface area contributed by atoms with Crippen LogP contribution < -0.4 is 0 Å². The lowest BCUT2D eigenvalue weighted by Gasteiger charge is -2.33. The summed E-state index contributed by atoms with van der Waals surface area (Å²) < 4.78 is 31.3. The number of imidazole rings is 1. The number of fused-ring (bicyclic) bond motifs is 2. The fourth-order valence-corrected chi connectivity index (χ4v) is 4.14. The van der Waals surface area contributed by atoms with Crippen LogP contribution in [-0.4, -0.2) is 60.8 Å². The van der Waals surface area contributed by atoms with Crippen LogP contribution in [0.2, 0.25) is 0 Å². The molecule has 3 aromatic heterocycles. The van der Waals surface area contributed by atoms with Gasteiger partial charge >= 0.3 is 11.8 Å². The van der Waals surface area contributed by atoms with Crippen molar-refractivity contribution in [3.05, 3.63) is 65.8 Å². The number of hydrogen-bond donors (Lipinski definition) is 1. The summed E-state index contributed by atoms with van der Waals surface area (Å²) in [6.07, 6.45) is 3.94. The van der Waals surface area contributed by atoms with Crippen LogP contribution in [0.25, 0.3) is 10.9 Å². The molecule has 9 nitrogen and oxygen atoms in total. The Labute approximate surface area is 187 Å². The van der Waals surface area contributed by atoms with E-state index in [0.717, 1.165) is 16.6 Å². The van der Waals surface area contributed by atoms with Crippen LogP contribution in [0.5, 0.6) is 0 Å². The summed E-state index contributed by atoms with van der Waals surface area (Å²) in [5.74, 6) is -0.846. The molecule has 0 radical (unpaired) electrons. The van der Waals surface area contributed by atoms with Crippen molar-refractivity contribution < 1.29 is 18.0 Å². The van der Waals surface area contributed by atoms with E-state index in [2.05, 4.69) is 30.1 Å². The van der Waals surface area contributed by atoms with Gasteiger partial charge in [-0.25, -0.2) is 15.0 Å². The summed E-state index contributed by atoms with van der Waals surface area (Å²) in [6.45, 7) is -0.942. The molecule has 170 valence electrons. The van der Waals surface area contributed by atoms with Crippen molar-refractivity contribution in [3.8, 4) is 0 Å². The molecule has 1 N–H and O–H groups in total. The number of rotatable bonds is 7. The minimum Gasteiger partial charge on any atom is -0.417 e. The molecule has 1 aliphatic heterocycles. The number of benzene rings is 1. The molecule has 1 aliphatic rings. The molecule has 33 heavy (non-hydrogen) atoms. The average Bonchev–Trinajstić information content (AvgIpc) is 3.52. The number of nitrogens with one attached hydrogen (secondary N) is 1. The van der Waals surface area contributed by atoms with E-state index in [0.29, 0.717) is 24.5 Å². The number of H-pyrrole nitrogens is 1. The number of carbonyl (C=O) groups is 1. The summed E-state index contributed by atoms with van der Waals surface area (Å²) in [4.78, 5) is 31.7. The fourth-order valence-electron chi connectivity index (χ4n) is 4.14. The molecule has 4 aromatic rings. The van der Waals surface area contributed by atoms with Gasteiger partial charge in [0.05, 0.1) is 30.9 Å². The van der Waals surface area contributed by atoms with E-state index in [1.807, 2.05) is 24.3 Å². The van der Waals surface area contributed by atoms with Crippen molar-refractivity contribution in [1.29, 1.82) is 0 Å². The number of carbonyl (C=O) groups excluding carboxylic acids is 1. The lowest BCUT2D eigenvalue weighted by atomic mass is 10.0. The zero-order valence-corrected chi connectivity index (χ0v) is 17.6. The second kappa shape index (κ2) is 9.00. The van der Waals surface area contributed by atoms with Crippen molar-refractivity contribution in [1.82, 2.24) is 35.0 Å². The minimum absolute atomic E-state index is 0.0492. The molecule has 11 heteroatoms. The smallest absolute Gasteiger partial charge is 0.312 e. The van der Waals surface area contributed by atoms with Crippen LogP contribution in [0.15, 0.2) is 41.2 Å². The highest BCUT2D eigenvalue weighted by Crippen LogP contribution is 2.33. The van der Waals surface area contributed by atoms with Gasteiger partial charge in [-0.1, -0.05) is 18.2 Å². The Hall–Kier alpha value is -3.76. The third kappa shape index (κ3) is 3.94.